The van der Waals surface area contributed by atoms with Crippen molar-refractivity contribution in [3.63, 3.8) is 0 Å². The molecule has 20 heavy (non-hydrogen) atoms. The van der Waals surface area contributed by atoms with Gasteiger partial charge in [-0.3, -0.25) is 0 Å². The van der Waals surface area contributed by atoms with Crippen LogP contribution in [0.5, 0.6) is 0 Å². The lowest BCUT2D eigenvalue weighted by Crippen LogP contribution is -2.11. The van der Waals surface area contributed by atoms with Gasteiger partial charge >= 0.3 is 0 Å². The first-order valence-corrected chi connectivity index (χ1v) is 7.21. The summed E-state index contributed by atoms with van der Waals surface area (Å²) in [5.74, 6) is -0.574. The first-order valence-electron chi connectivity index (χ1n) is 6.33. The second-order valence-corrected chi connectivity index (χ2v) is 5.21. The predicted molar refractivity (Wildman–Crippen MR) is 82.4 cm³/mol. The van der Waals surface area contributed by atoms with Crippen molar-refractivity contribution in [3.8, 4) is 11.3 Å². The van der Waals surface area contributed by atoms with Crippen LogP contribution >= 0.6 is 11.3 Å². The van der Waals surface area contributed by atoms with Crippen molar-refractivity contribution in [1.29, 1.82) is 0 Å². The number of hydrogen-bond acceptors (Lipinski definition) is 3. The fourth-order valence-corrected chi connectivity index (χ4v) is 2.26. The zero-order valence-electron chi connectivity index (χ0n) is 12.0. The molecule has 2 aromatic rings. The number of hydrogen-bond donors (Lipinski definition) is 1. The van der Waals surface area contributed by atoms with E-state index in [1.807, 2.05) is 13.8 Å². The molecule has 0 unspecified atom stereocenters. The highest BCUT2D eigenvalue weighted by Crippen LogP contribution is 2.31. The maximum atomic E-state index is 13.8. The van der Waals surface area contributed by atoms with E-state index in [0.717, 1.165) is 0 Å². The van der Waals surface area contributed by atoms with Gasteiger partial charge in [0.05, 0.1) is 5.69 Å². The van der Waals surface area contributed by atoms with Gasteiger partial charge in [0.15, 0.2) is 5.13 Å². The summed E-state index contributed by atoms with van der Waals surface area (Å²) in [4.78, 5) is 4.15. The fourth-order valence-electron chi connectivity index (χ4n) is 1.63. The van der Waals surface area contributed by atoms with Crippen molar-refractivity contribution < 1.29 is 8.78 Å². The maximum absolute atomic E-state index is 13.8. The lowest BCUT2D eigenvalue weighted by atomic mass is 9.97. The molecule has 106 valence electrons. The van der Waals surface area contributed by atoms with Gasteiger partial charge in [-0.1, -0.05) is 26.0 Å². The highest BCUT2D eigenvalue weighted by atomic mass is 32.1. The summed E-state index contributed by atoms with van der Waals surface area (Å²) in [5, 5.41) is 4.72. The third kappa shape index (κ3) is 3.79. The number of aromatic nitrogens is 1. The monoisotopic (exact) mass is 294 g/mol. The van der Waals surface area contributed by atoms with Gasteiger partial charge < -0.3 is 5.23 Å². The van der Waals surface area contributed by atoms with Gasteiger partial charge in [-0.2, -0.15) is 0 Å². The Balaban J connectivity index is 0.000000956. The van der Waals surface area contributed by atoms with E-state index >= 15 is 0 Å². The van der Waals surface area contributed by atoms with Crippen LogP contribution in [-0.4, -0.2) is 13.0 Å². The Morgan fingerprint density at radius 2 is 1.95 bits per heavy atom. The molecule has 2 rings (SSSR count). The molecule has 0 bridgehead atoms. The van der Waals surface area contributed by atoms with Gasteiger partial charge in [0.25, 0.3) is 0 Å². The quantitative estimate of drug-likeness (QED) is 0.832. The summed E-state index contributed by atoms with van der Waals surface area (Å²) in [5.41, 5.74) is -0.457. The molecule has 0 amide bonds. The van der Waals surface area contributed by atoms with Crippen molar-refractivity contribution in [2.24, 2.45) is 0 Å². The van der Waals surface area contributed by atoms with E-state index in [9.17, 15) is 8.78 Å². The molecule has 1 aromatic heterocycles. The van der Waals surface area contributed by atoms with E-state index in [1.165, 1.54) is 37.3 Å². The standard InChI is InChI=1S/C12H11BF2N2S.C2H6/c1-12(2,15)8-4-3-7(5-9(8)14)10-6-18-11(16-10)17-13;1-2/h3-6H,1-2H3,(H,16,17);1-2H3. The zero-order chi connectivity index (χ0) is 15.3. The van der Waals surface area contributed by atoms with Crippen LogP contribution in [0.2, 0.25) is 0 Å². The summed E-state index contributed by atoms with van der Waals surface area (Å²) in [6.45, 7) is 6.65. The summed E-state index contributed by atoms with van der Waals surface area (Å²) >= 11 is 1.32. The Morgan fingerprint density at radius 1 is 1.30 bits per heavy atom. The third-order valence-electron chi connectivity index (χ3n) is 2.53. The van der Waals surface area contributed by atoms with Crippen LogP contribution in [0.25, 0.3) is 11.3 Å². The van der Waals surface area contributed by atoms with Gasteiger partial charge in [-0.25, -0.2) is 13.8 Å². The SMILES string of the molecule is CC.[B]Nc1nc(-c2ccc(C(C)(C)F)c(F)c2)cs1. The summed E-state index contributed by atoms with van der Waals surface area (Å²) < 4.78 is 27.5. The molecular weight excluding hydrogens is 277 g/mol. The third-order valence-corrected chi connectivity index (χ3v) is 3.31. The van der Waals surface area contributed by atoms with Crippen LogP contribution in [0.4, 0.5) is 13.9 Å². The lowest BCUT2D eigenvalue weighted by molar-refractivity contribution is 0.214. The van der Waals surface area contributed by atoms with E-state index in [0.29, 0.717) is 16.4 Å². The van der Waals surface area contributed by atoms with Crippen molar-refractivity contribution in [2.45, 2.75) is 33.4 Å². The van der Waals surface area contributed by atoms with Crippen molar-refractivity contribution in [3.05, 3.63) is 35.0 Å². The lowest BCUT2D eigenvalue weighted by Gasteiger charge is -2.15. The molecule has 0 aliphatic carbocycles. The molecular formula is C14H17BF2N2S. The Bertz CT molecular complexity index is 565. The number of rotatable bonds is 3. The number of alkyl halides is 1. The first kappa shape index (κ1) is 16.6. The molecule has 0 aliphatic rings. The Kier molecular flexibility index (Phi) is 5.68. The highest BCUT2D eigenvalue weighted by Gasteiger charge is 2.23. The molecule has 0 saturated heterocycles. The Morgan fingerprint density at radius 3 is 2.40 bits per heavy atom. The van der Waals surface area contributed by atoms with Crippen LogP contribution in [0.3, 0.4) is 0 Å². The normalized spacial score (nSPS) is 10.7. The van der Waals surface area contributed by atoms with E-state index in [1.54, 1.807) is 11.4 Å². The minimum atomic E-state index is -1.70. The van der Waals surface area contributed by atoms with Gasteiger partial charge in [0, 0.05) is 16.5 Å². The number of anilines is 1. The van der Waals surface area contributed by atoms with Crippen LogP contribution in [0.1, 0.15) is 33.3 Å². The van der Waals surface area contributed by atoms with Crippen molar-refractivity contribution >= 4 is 24.4 Å². The molecule has 2 nitrogen and oxygen atoms in total. The highest BCUT2D eigenvalue weighted by molar-refractivity contribution is 7.14. The zero-order valence-corrected chi connectivity index (χ0v) is 12.8. The summed E-state index contributed by atoms with van der Waals surface area (Å²) in [7, 11) is 5.23. The fraction of sp³-hybridized carbons (Fsp3) is 0.357. The van der Waals surface area contributed by atoms with E-state index < -0.39 is 11.5 Å². The number of nitrogens with one attached hydrogen (secondary N) is 1. The molecule has 0 saturated carbocycles. The van der Waals surface area contributed by atoms with Crippen LogP contribution in [0.15, 0.2) is 23.6 Å². The van der Waals surface area contributed by atoms with Gasteiger partial charge in [0.2, 0.25) is 7.98 Å². The minimum absolute atomic E-state index is 0.0404. The molecule has 6 heteroatoms. The molecule has 1 heterocycles. The number of nitrogens with zero attached hydrogens (tertiary/aromatic N) is 1. The molecule has 1 N–H and O–H groups in total. The van der Waals surface area contributed by atoms with Gasteiger partial charge in [-0.05, 0) is 19.9 Å². The van der Waals surface area contributed by atoms with Crippen molar-refractivity contribution in [2.75, 3.05) is 5.23 Å². The largest absolute Gasteiger partial charge is 0.414 e. The van der Waals surface area contributed by atoms with E-state index in [4.69, 9.17) is 7.98 Å². The predicted octanol–water partition coefficient (Wildman–Crippen LogP) is 4.68. The average Bonchev–Trinajstić information content (AvgIpc) is 2.88. The smallest absolute Gasteiger partial charge is 0.225 e. The minimum Gasteiger partial charge on any atom is -0.414 e. The number of halogens is 2. The van der Waals surface area contributed by atoms with Crippen LogP contribution in [-0.2, 0) is 5.67 Å². The second kappa shape index (κ2) is 6.84. The molecule has 0 fully saturated rings. The summed E-state index contributed by atoms with van der Waals surface area (Å²) in [6.07, 6.45) is 0. The second-order valence-electron chi connectivity index (χ2n) is 4.35. The molecule has 0 atom stereocenters. The first-order chi connectivity index (χ1) is 9.41. The van der Waals surface area contributed by atoms with Gasteiger partial charge in [0.1, 0.15) is 11.5 Å². The topological polar surface area (TPSA) is 24.9 Å². The molecule has 0 aliphatic heterocycles. The number of benzene rings is 1. The van der Waals surface area contributed by atoms with E-state index in [-0.39, 0.29) is 5.56 Å². The average molecular weight is 294 g/mol. The van der Waals surface area contributed by atoms with Crippen LogP contribution in [0, 0.1) is 5.82 Å². The molecule has 1 aromatic carbocycles. The Hall–Kier alpha value is -1.43. The van der Waals surface area contributed by atoms with Crippen molar-refractivity contribution in [1.82, 2.24) is 4.98 Å². The molecule has 0 spiro atoms. The van der Waals surface area contributed by atoms with Gasteiger partial charge in [-0.15, -0.1) is 11.3 Å². The van der Waals surface area contributed by atoms with E-state index in [2.05, 4.69) is 10.2 Å². The van der Waals surface area contributed by atoms with Crippen LogP contribution < -0.4 is 5.23 Å². The number of thiazole rings is 1. The Labute approximate surface area is 123 Å². The molecule has 2 radical (unpaired) electrons. The summed E-state index contributed by atoms with van der Waals surface area (Å²) in [6, 6.07) is 4.38. The maximum Gasteiger partial charge on any atom is 0.225 e.